The molecule has 0 spiro atoms. The van der Waals surface area contributed by atoms with Gasteiger partial charge in [0.25, 0.3) is 0 Å². The van der Waals surface area contributed by atoms with Gasteiger partial charge in [-0.05, 0) is 38.8 Å². The van der Waals surface area contributed by atoms with E-state index in [0.29, 0.717) is 0 Å². The predicted octanol–water partition coefficient (Wildman–Crippen LogP) is 6.98. The first kappa shape index (κ1) is 22.2. The van der Waals surface area contributed by atoms with Crippen LogP contribution in [0.4, 0.5) is 0 Å². The van der Waals surface area contributed by atoms with Gasteiger partial charge in [-0.15, -0.1) is 12.4 Å². The summed E-state index contributed by atoms with van der Waals surface area (Å²) in [5.41, 5.74) is 0. The van der Waals surface area contributed by atoms with Gasteiger partial charge >= 0.3 is 0 Å². The van der Waals surface area contributed by atoms with Crippen molar-refractivity contribution in [1.29, 1.82) is 0 Å². The van der Waals surface area contributed by atoms with E-state index < -0.39 is 0 Å². The molecule has 0 aromatic heterocycles. The zero-order valence-corrected chi connectivity index (χ0v) is 16.3. The van der Waals surface area contributed by atoms with E-state index in [-0.39, 0.29) is 12.4 Å². The Hall–Kier alpha value is 0.250. The largest absolute Gasteiger partial charge is 0.300 e. The molecule has 1 fully saturated rings. The van der Waals surface area contributed by atoms with Crippen LogP contribution in [0, 0.1) is 0 Å². The van der Waals surface area contributed by atoms with Crippen molar-refractivity contribution in [3.05, 3.63) is 0 Å². The van der Waals surface area contributed by atoms with Gasteiger partial charge in [-0.2, -0.15) is 0 Å². The number of rotatable bonds is 13. The van der Waals surface area contributed by atoms with Crippen LogP contribution in [0.2, 0.25) is 0 Å². The maximum Gasteiger partial charge on any atom is 0.00952 e. The van der Waals surface area contributed by atoms with E-state index in [1.165, 1.54) is 109 Å². The normalized spacial score (nSPS) is 19.1. The summed E-state index contributed by atoms with van der Waals surface area (Å²) in [7, 11) is 0. The first-order chi connectivity index (χ1) is 10.4. The fourth-order valence-electron chi connectivity index (χ4n) is 3.75. The maximum absolute atomic E-state index is 2.82. The third-order valence-electron chi connectivity index (χ3n) is 5.19. The zero-order valence-electron chi connectivity index (χ0n) is 15.5. The van der Waals surface area contributed by atoms with Crippen LogP contribution >= 0.6 is 12.4 Å². The molecule has 0 bridgehead atoms. The van der Waals surface area contributed by atoms with Crippen molar-refractivity contribution < 1.29 is 0 Å². The van der Waals surface area contributed by atoms with E-state index in [4.69, 9.17) is 0 Å². The van der Waals surface area contributed by atoms with Crippen molar-refractivity contribution in [2.75, 3.05) is 13.1 Å². The molecule has 0 aromatic rings. The Morgan fingerprint density at radius 2 is 1.32 bits per heavy atom. The third kappa shape index (κ3) is 10.9. The van der Waals surface area contributed by atoms with Gasteiger partial charge in [-0.3, -0.25) is 0 Å². The second-order valence-corrected chi connectivity index (χ2v) is 7.16. The van der Waals surface area contributed by atoms with Gasteiger partial charge in [-0.25, -0.2) is 0 Å². The Morgan fingerprint density at radius 3 is 1.95 bits per heavy atom. The van der Waals surface area contributed by atoms with E-state index in [1.807, 2.05) is 0 Å². The quantitative estimate of drug-likeness (QED) is 0.329. The molecule has 0 aliphatic carbocycles. The highest BCUT2D eigenvalue weighted by Gasteiger charge is 2.20. The molecule has 0 amide bonds. The number of nitrogens with zero attached hydrogens (tertiary/aromatic N) is 1. The lowest BCUT2D eigenvalue weighted by atomic mass is 9.97. The number of hydrogen-bond donors (Lipinski definition) is 0. The molecular weight excluding hydrogens is 290 g/mol. The Labute approximate surface area is 147 Å². The molecule has 0 aromatic carbocycles. The van der Waals surface area contributed by atoms with Crippen molar-refractivity contribution in [3.8, 4) is 0 Å². The Bertz CT molecular complexity index is 220. The highest BCUT2D eigenvalue weighted by Crippen LogP contribution is 2.22. The molecule has 22 heavy (non-hydrogen) atoms. The first-order valence-corrected chi connectivity index (χ1v) is 10.1. The average molecular weight is 332 g/mol. The smallest absolute Gasteiger partial charge is 0.00952 e. The molecule has 1 saturated heterocycles. The van der Waals surface area contributed by atoms with Crippen molar-refractivity contribution in [2.45, 2.75) is 116 Å². The molecule has 1 rings (SSSR count). The second kappa shape index (κ2) is 16.1. The van der Waals surface area contributed by atoms with Crippen LogP contribution in [0.3, 0.4) is 0 Å². The average Bonchev–Trinajstić information content (AvgIpc) is 2.52. The Morgan fingerprint density at radius 1 is 0.727 bits per heavy atom. The monoisotopic (exact) mass is 331 g/mol. The lowest BCUT2D eigenvalue weighted by Gasteiger charge is -2.36. The number of likely N-dealkylation sites (tertiary alicyclic amines) is 1. The Kier molecular flexibility index (Phi) is 16.3. The molecule has 1 unspecified atom stereocenters. The summed E-state index contributed by atoms with van der Waals surface area (Å²) in [4.78, 5) is 2.82. The molecular formula is C20H42ClN. The first-order valence-electron chi connectivity index (χ1n) is 10.1. The van der Waals surface area contributed by atoms with E-state index >= 15 is 0 Å². The van der Waals surface area contributed by atoms with Crippen LogP contribution in [0.15, 0.2) is 0 Å². The third-order valence-corrected chi connectivity index (χ3v) is 5.19. The molecule has 1 nitrogen and oxygen atoms in total. The summed E-state index contributed by atoms with van der Waals surface area (Å²) in [6.45, 7) is 7.39. The van der Waals surface area contributed by atoms with Crippen LogP contribution in [0.25, 0.3) is 0 Å². The summed E-state index contributed by atoms with van der Waals surface area (Å²) in [6, 6.07) is 0.924. The van der Waals surface area contributed by atoms with Crippen LogP contribution in [-0.2, 0) is 0 Å². The zero-order chi connectivity index (χ0) is 15.2. The topological polar surface area (TPSA) is 3.24 Å². The van der Waals surface area contributed by atoms with Crippen molar-refractivity contribution in [3.63, 3.8) is 0 Å². The van der Waals surface area contributed by atoms with Gasteiger partial charge in [0.1, 0.15) is 0 Å². The van der Waals surface area contributed by atoms with Crippen molar-refractivity contribution in [2.24, 2.45) is 0 Å². The summed E-state index contributed by atoms with van der Waals surface area (Å²) in [6.07, 6.45) is 21.7. The lowest BCUT2D eigenvalue weighted by molar-refractivity contribution is 0.135. The fraction of sp³-hybridized carbons (Fsp3) is 1.00. The molecule has 1 heterocycles. The molecule has 2 heteroatoms. The molecule has 1 atom stereocenters. The van der Waals surface area contributed by atoms with Gasteiger partial charge in [0.2, 0.25) is 0 Å². The van der Waals surface area contributed by atoms with Gasteiger partial charge in [0.15, 0.2) is 0 Å². The highest BCUT2D eigenvalue weighted by atomic mass is 35.5. The van der Waals surface area contributed by atoms with E-state index in [0.717, 1.165) is 6.04 Å². The summed E-state index contributed by atoms with van der Waals surface area (Å²) in [5, 5.41) is 0. The Balaban J connectivity index is 0.00000441. The van der Waals surface area contributed by atoms with Crippen LogP contribution in [0.1, 0.15) is 110 Å². The van der Waals surface area contributed by atoms with Gasteiger partial charge < -0.3 is 4.90 Å². The summed E-state index contributed by atoms with van der Waals surface area (Å²) < 4.78 is 0. The van der Waals surface area contributed by atoms with Crippen LogP contribution in [0.5, 0.6) is 0 Å². The molecule has 0 radical (unpaired) electrons. The fourth-order valence-corrected chi connectivity index (χ4v) is 3.75. The summed E-state index contributed by atoms with van der Waals surface area (Å²) >= 11 is 0. The van der Waals surface area contributed by atoms with E-state index in [2.05, 4.69) is 18.7 Å². The van der Waals surface area contributed by atoms with Crippen molar-refractivity contribution in [1.82, 2.24) is 4.90 Å². The SMILES string of the molecule is CCCCCCCCCCCN1CCCCC1CCCC.Cl. The van der Waals surface area contributed by atoms with E-state index in [9.17, 15) is 0 Å². The van der Waals surface area contributed by atoms with Gasteiger partial charge in [0.05, 0.1) is 0 Å². The number of hydrogen-bond acceptors (Lipinski definition) is 1. The maximum atomic E-state index is 2.82. The van der Waals surface area contributed by atoms with Gasteiger partial charge in [0, 0.05) is 6.04 Å². The number of unbranched alkanes of at least 4 members (excludes halogenated alkanes) is 9. The molecule has 1 aliphatic rings. The minimum atomic E-state index is 0. The summed E-state index contributed by atoms with van der Waals surface area (Å²) in [5.74, 6) is 0. The van der Waals surface area contributed by atoms with E-state index in [1.54, 1.807) is 0 Å². The predicted molar refractivity (Wildman–Crippen MR) is 103 cm³/mol. The highest BCUT2D eigenvalue weighted by molar-refractivity contribution is 5.85. The van der Waals surface area contributed by atoms with Crippen LogP contribution in [-0.4, -0.2) is 24.0 Å². The standard InChI is InChI=1S/C20H41N.ClH/c1-3-5-7-8-9-10-11-12-14-18-21-19-15-13-17-20(21)16-6-4-2;/h20H,3-19H2,1-2H3;1H. The second-order valence-electron chi connectivity index (χ2n) is 7.16. The van der Waals surface area contributed by atoms with Crippen molar-refractivity contribution >= 4 is 12.4 Å². The number of piperidine rings is 1. The molecule has 0 N–H and O–H groups in total. The van der Waals surface area contributed by atoms with Gasteiger partial charge in [-0.1, -0.05) is 84.5 Å². The minimum Gasteiger partial charge on any atom is -0.300 e. The molecule has 134 valence electrons. The minimum absolute atomic E-state index is 0. The lowest BCUT2D eigenvalue weighted by Crippen LogP contribution is -2.40. The number of halogens is 1. The van der Waals surface area contributed by atoms with Crippen LogP contribution < -0.4 is 0 Å². The molecule has 0 saturated carbocycles. The molecule has 1 aliphatic heterocycles.